The van der Waals surface area contributed by atoms with Crippen molar-refractivity contribution in [1.82, 2.24) is 15.2 Å². The van der Waals surface area contributed by atoms with Crippen molar-refractivity contribution in [2.75, 3.05) is 36.5 Å². The number of carbonyl (C=O) groups is 2. The third-order valence-electron chi connectivity index (χ3n) is 8.12. The number of aromatic nitrogens is 3. The molecule has 10 nitrogen and oxygen atoms in total. The van der Waals surface area contributed by atoms with Gasteiger partial charge >= 0.3 is 5.97 Å². The van der Waals surface area contributed by atoms with Crippen molar-refractivity contribution in [2.24, 2.45) is 4.99 Å². The lowest BCUT2D eigenvalue weighted by atomic mass is 10.1. The van der Waals surface area contributed by atoms with Crippen LogP contribution in [0.5, 0.6) is 0 Å². The zero-order chi connectivity index (χ0) is 34.9. The first-order valence-electron chi connectivity index (χ1n) is 17.2. The summed E-state index contributed by atoms with van der Waals surface area (Å²) in [6.45, 7) is 11.2. The fourth-order valence-corrected chi connectivity index (χ4v) is 5.55. The molecule has 0 aliphatic carbocycles. The summed E-state index contributed by atoms with van der Waals surface area (Å²) >= 11 is 6.47. The molecule has 0 aliphatic rings. The number of nitrogens with zero attached hydrogens (tertiary/aromatic N) is 5. The topological polar surface area (TPSA) is 130 Å². The van der Waals surface area contributed by atoms with E-state index in [-0.39, 0.29) is 34.3 Å². The lowest BCUT2D eigenvalue weighted by Crippen LogP contribution is -2.27. The van der Waals surface area contributed by atoms with Gasteiger partial charge in [-0.05, 0) is 76.1 Å². The number of aliphatic imine (C=N–C) groups is 1. The van der Waals surface area contributed by atoms with Crippen LogP contribution in [0, 0.1) is 20.8 Å². The summed E-state index contributed by atoms with van der Waals surface area (Å²) < 4.78 is 5.52. The summed E-state index contributed by atoms with van der Waals surface area (Å²) in [7, 11) is 0. The van der Waals surface area contributed by atoms with Crippen molar-refractivity contribution in [2.45, 2.75) is 98.8 Å². The minimum Gasteiger partial charge on any atom is -0.462 e. The smallest absolute Gasteiger partial charge is 0.338 e. The summed E-state index contributed by atoms with van der Waals surface area (Å²) in [5.74, 6) is -0.601. The Bertz CT molecular complexity index is 1530. The molecular weight excluding hydrogens is 628 g/mol. The minimum absolute atomic E-state index is 0.00365. The molecule has 0 bridgehead atoms. The highest BCUT2D eigenvalue weighted by Gasteiger charge is 2.22. The molecule has 11 heteroatoms. The largest absolute Gasteiger partial charge is 0.462 e. The second-order valence-electron chi connectivity index (χ2n) is 12.0. The fourth-order valence-electron chi connectivity index (χ4n) is 5.38. The molecule has 0 saturated heterocycles. The van der Waals surface area contributed by atoms with Gasteiger partial charge in [-0.2, -0.15) is 0 Å². The van der Waals surface area contributed by atoms with Gasteiger partial charge in [0.25, 0.3) is 5.91 Å². The number of likely N-dealkylation sites (N-methyl/N-ethyl adjacent to an activating group) is 1. The van der Waals surface area contributed by atoms with Crippen LogP contribution < -0.4 is 10.2 Å². The number of ether oxygens (including phenoxy) is 1. The SMILES string of the molecule is CCCCCCCCCCCCOC(=O)c1ccc(Cl)c(NC(=O)C(=Nc2ccc(N(CC)CCO)cc2C)c2nnc(C)nc2C)c1. The van der Waals surface area contributed by atoms with Crippen LogP contribution in [-0.2, 0) is 9.53 Å². The van der Waals surface area contributed by atoms with E-state index in [1.54, 1.807) is 26.0 Å². The van der Waals surface area contributed by atoms with Crippen molar-refractivity contribution >= 4 is 46.3 Å². The summed E-state index contributed by atoms with van der Waals surface area (Å²) in [5.41, 5.74) is 3.54. The van der Waals surface area contributed by atoms with Gasteiger partial charge in [-0.3, -0.25) is 4.79 Å². The number of aliphatic hydroxyl groups is 1. The number of rotatable bonds is 20. The van der Waals surface area contributed by atoms with Gasteiger partial charge in [0, 0.05) is 18.8 Å². The van der Waals surface area contributed by atoms with Crippen molar-refractivity contribution < 1.29 is 19.4 Å². The van der Waals surface area contributed by atoms with E-state index in [1.165, 1.54) is 51.0 Å². The molecule has 48 heavy (non-hydrogen) atoms. The molecule has 2 N–H and O–H groups in total. The molecule has 0 radical (unpaired) electrons. The Kier molecular flexibility index (Phi) is 16.4. The molecule has 0 spiro atoms. The maximum absolute atomic E-state index is 13.8. The maximum Gasteiger partial charge on any atom is 0.338 e. The van der Waals surface area contributed by atoms with E-state index in [0.29, 0.717) is 30.4 Å². The molecule has 0 saturated carbocycles. The molecule has 0 unspecified atom stereocenters. The standard InChI is InChI=1S/C37H51ClN6O4/c1-6-8-9-10-11-12-13-14-15-16-23-48-37(47)29-17-19-31(38)33(25-29)41-36(46)35(34-27(4)39-28(5)42-43-34)40-32-20-18-30(24-26(32)3)44(7-2)21-22-45/h17-20,24-25,45H,6-16,21-23H2,1-5H3,(H,41,46). The summed E-state index contributed by atoms with van der Waals surface area (Å²) in [6.07, 6.45) is 12.0. The monoisotopic (exact) mass is 678 g/mol. The first kappa shape index (κ1) is 38.6. The first-order chi connectivity index (χ1) is 23.2. The number of hydrogen-bond donors (Lipinski definition) is 2. The Hall–Kier alpha value is -3.89. The maximum atomic E-state index is 13.8. The van der Waals surface area contributed by atoms with Gasteiger partial charge in [0.2, 0.25) is 0 Å². The Balaban J connectivity index is 1.72. The second kappa shape index (κ2) is 20.5. The van der Waals surface area contributed by atoms with E-state index in [1.807, 2.05) is 36.9 Å². The minimum atomic E-state index is -0.588. The average molecular weight is 679 g/mol. The lowest BCUT2D eigenvalue weighted by molar-refractivity contribution is -0.110. The van der Waals surface area contributed by atoms with Gasteiger partial charge in [-0.25, -0.2) is 14.8 Å². The number of aryl methyl sites for hydroxylation is 3. The number of anilines is 2. The van der Waals surface area contributed by atoms with Gasteiger partial charge < -0.3 is 20.1 Å². The lowest BCUT2D eigenvalue weighted by Gasteiger charge is -2.22. The number of halogens is 1. The highest BCUT2D eigenvalue weighted by atomic mass is 35.5. The van der Waals surface area contributed by atoms with Crippen LogP contribution in [0.25, 0.3) is 0 Å². The van der Waals surface area contributed by atoms with Gasteiger partial charge in [-0.15, -0.1) is 10.2 Å². The van der Waals surface area contributed by atoms with Crippen LogP contribution in [0.3, 0.4) is 0 Å². The molecule has 1 amide bonds. The number of unbranched alkanes of at least 4 members (excludes halogenated alkanes) is 9. The number of esters is 1. The van der Waals surface area contributed by atoms with E-state index in [4.69, 9.17) is 21.3 Å². The average Bonchev–Trinajstić information content (AvgIpc) is 3.06. The normalized spacial score (nSPS) is 11.4. The van der Waals surface area contributed by atoms with E-state index in [0.717, 1.165) is 37.1 Å². The number of carbonyl (C=O) groups excluding carboxylic acids is 2. The predicted octanol–water partition coefficient (Wildman–Crippen LogP) is 8.11. The van der Waals surface area contributed by atoms with Gasteiger partial charge in [0.15, 0.2) is 5.71 Å². The molecule has 2 aromatic carbocycles. The first-order valence-corrected chi connectivity index (χ1v) is 17.6. The molecule has 1 heterocycles. The van der Waals surface area contributed by atoms with Crippen LogP contribution in [0.15, 0.2) is 41.4 Å². The highest BCUT2D eigenvalue weighted by molar-refractivity contribution is 6.49. The molecule has 3 rings (SSSR count). The molecule has 0 fully saturated rings. The Morgan fingerprint density at radius 2 is 1.60 bits per heavy atom. The van der Waals surface area contributed by atoms with E-state index < -0.39 is 11.9 Å². The molecule has 3 aromatic rings. The fraction of sp³-hybridized carbons (Fsp3) is 0.514. The highest BCUT2D eigenvalue weighted by Crippen LogP contribution is 2.27. The van der Waals surface area contributed by atoms with Crippen LogP contribution in [0.2, 0.25) is 5.02 Å². The molecule has 260 valence electrons. The molecule has 0 aliphatic heterocycles. The molecule has 1 aromatic heterocycles. The Labute approximate surface area is 290 Å². The summed E-state index contributed by atoms with van der Waals surface area (Å²) in [4.78, 5) is 37.9. The van der Waals surface area contributed by atoms with Gasteiger partial charge in [-0.1, -0.05) is 76.3 Å². The number of amides is 1. The van der Waals surface area contributed by atoms with Crippen molar-refractivity contribution in [3.63, 3.8) is 0 Å². The summed E-state index contributed by atoms with van der Waals surface area (Å²) in [6, 6.07) is 10.3. The van der Waals surface area contributed by atoms with Crippen LogP contribution in [0.1, 0.15) is 111 Å². The zero-order valence-electron chi connectivity index (χ0n) is 29.1. The Morgan fingerprint density at radius 3 is 2.23 bits per heavy atom. The van der Waals surface area contributed by atoms with Crippen molar-refractivity contribution in [3.8, 4) is 0 Å². The van der Waals surface area contributed by atoms with E-state index >= 15 is 0 Å². The van der Waals surface area contributed by atoms with Gasteiger partial charge in [0.05, 0.1) is 40.9 Å². The Morgan fingerprint density at radius 1 is 0.917 bits per heavy atom. The second-order valence-corrected chi connectivity index (χ2v) is 12.4. The van der Waals surface area contributed by atoms with E-state index in [9.17, 15) is 14.7 Å². The number of aliphatic hydroxyl groups excluding tert-OH is 1. The predicted molar refractivity (Wildman–Crippen MR) is 194 cm³/mol. The van der Waals surface area contributed by atoms with Crippen LogP contribution in [0.4, 0.5) is 17.1 Å². The zero-order valence-corrected chi connectivity index (χ0v) is 29.9. The van der Waals surface area contributed by atoms with Gasteiger partial charge in [0.1, 0.15) is 11.5 Å². The third kappa shape index (κ3) is 12.0. The number of nitrogens with one attached hydrogen (secondary N) is 1. The van der Waals surface area contributed by atoms with Crippen LogP contribution in [-0.4, -0.2) is 64.2 Å². The quantitative estimate of drug-likeness (QED) is 0.0696. The number of hydrogen-bond acceptors (Lipinski definition) is 9. The molecule has 0 atom stereocenters. The van der Waals surface area contributed by atoms with Crippen LogP contribution >= 0.6 is 11.6 Å². The number of benzene rings is 2. The molecular formula is C37H51ClN6O4. The van der Waals surface area contributed by atoms with Crippen molar-refractivity contribution in [3.05, 3.63) is 69.8 Å². The third-order valence-corrected chi connectivity index (χ3v) is 8.45. The van der Waals surface area contributed by atoms with E-state index in [2.05, 4.69) is 27.4 Å². The summed E-state index contributed by atoms with van der Waals surface area (Å²) in [5, 5.41) is 20.8. The van der Waals surface area contributed by atoms with Crippen molar-refractivity contribution in [1.29, 1.82) is 0 Å².